The summed E-state index contributed by atoms with van der Waals surface area (Å²) in [5.74, 6) is 1.23. The SMILES string of the molecule is CCC(C)c1nc(N2CCC[C@H]3CCCC[C@H]32)sc1C=O. The first kappa shape index (κ1) is 15.0. The topological polar surface area (TPSA) is 33.2 Å². The maximum Gasteiger partial charge on any atom is 0.186 e. The highest BCUT2D eigenvalue weighted by Gasteiger charge is 2.35. The number of anilines is 1. The molecular formula is C17H26N2OS. The summed E-state index contributed by atoms with van der Waals surface area (Å²) in [6.07, 6.45) is 10.1. The third kappa shape index (κ3) is 2.87. The summed E-state index contributed by atoms with van der Waals surface area (Å²) in [4.78, 5) is 19.6. The summed E-state index contributed by atoms with van der Waals surface area (Å²) in [6, 6.07) is 0.669. The predicted octanol–water partition coefficient (Wildman–Crippen LogP) is 4.63. The van der Waals surface area contributed by atoms with E-state index in [2.05, 4.69) is 18.7 Å². The predicted molar refractivity (Wildman–Crippen MR) is 88.5 cm³/mol. The van der Waals surface area contributed by atoms with Crippen molar-refractivity contribution in [3.05, 3.63) is 10.6 Å². The standard InChI is InChI=1S/C17H26N2OS/c1-3-12(2)16-15(11-20)21-17(18-16)19-10-6-8-13-7-4-5-9-14(13)19/h11-14H,3-10H2,1-2H3/t12?,13-,14-/m1/s1. The van der Waals surface area contributed by atoms with Crippen LogP contribution in [0.25, 0.3) is 0 Å². The minimum atomic E-state index is 0.377. The van der Waals surface area contributed by atoms with Crippen molar-refractivity contribution in [2.75, 3.05) is 11.4 Å². The number of carbonyl (C=O) groups excluding carboxylic acids is 1. The zero-order chi connectivity index (χ0) is 14.8. The Hall–Kier alpha value is -0.900. The maximum atomic E-state index is 11.4. The van der Waals surface area contributed by atoms with Crippen molar-refractivity contribution in [1.82, 2.24) is 4.98 Å². The Kier molecular flexibility index (Phi) is 4.63. The van der Waals surface area contributed by atoms with Gasteiger partial charge < -0.3 is 4.90 Å². The van der Waals surface area contributed by atoms with Gasteiger partial charge in [0.1, 0.15) is 0 Å². The number of nitrogens with zero attached hydrogens (tertiary/aromatic N) is 2. The normalized spacial score (nSPS) is 27.2. The van der Waals surface area contributed by atoms with Gasteiger partial charge in [-0.05, 0) is 43.9 Å². The lowest BCUT2D eigenvalue weighted by Gasteiger charge is -2.44. The van der Waals surface area contributed by atoms with E-state index in [1.54, 1.807) is 11.3 Å². The summed E-state index contributed by atoms with van der Waals surface area (Å²) in [5.41, 5.74) is 1.02. The number of carbonyl (C=O) groups is 1. The Bertz CT molecular complexity index is 497. The summed E-state index contributed by atoms with van der Waals surface area (Å²) >= 11 is 1.61. The molecule has 0 bridgehead atoms. The van der Waals surface area contributed by atoms with E-state index in [4.69, 9.17) is 4.98 Å². The molecular weight excluding hydrogens is 280 g/mol. The van der Waals surface area contributed by atoms with Crippen LogP contribution in [0.3, 0.4) is 0 Å². The zero-order valence-electron chi connectivity index (χ0n) is 13.2. The smallest absolute Gasteiger partial charge is 0.186 e. The van der Waals surface area contributed by atoms with Crippen molar-refractivity contribution in [2.45, 2.75) is 70.8 Å². The van der Waals surface area contributed by atoms with Crippen LogP contribution in [0.1, 0.15) is 80.1 Å². The fourth-order valence-electron chi connectivity index (χ4n) is 3.95. The van der Waals surface area contributed by atoms with E-state index in [-0.39, 0.29) is 0 Å². The molecule has 4 heteroatoms. The Morgan fingerprint density at radius 2 is 2.10 bits per heavy atom. The molecule has 0 amide bonds. The average Bonchev–Trinajstić information content (AvgIpc) is 2.97. The lowest BCUT2D eigenvalue weighted by Crippen LogP contribution is -2.46. The molecule has 0 radical (unpaired) electrons. The largest absolute Gasteiger partial charge is 0.345 e. The fraction of sp³-hybridized carbons (Fsp3) is 0.765. The Morgan fingerprint density at radius 1 is 1.33 bits per heavy atom. The van der Waals surface area contributed by atoms with Crippen molar-refractivity contribution in [2.24, 2.45) is 5.92 Å². The Morgan fingerprint density at radius 3 is 2.86 bits per heavy atom. The van der Waals surface area contributed by atoms with Gasteiger partial charge in [0.2, 0.25) is 0 Å². The highest BCUT2D eigenvalue weighted by Crippen LogP contribution is 2.40. The second-order valence-electron chi connectivity index (χ2n) is 6.62. The van der Waals surface area contributed by atoms with Crippen LogP contribution in [0, 0.1) is 5.92 Å². The number of fused-ring (bicyclic) bond motifs is 1. The Balaban J connectivity index is 1.88. The molecule has 0 N–H and O–H groups in total. The number of rotatable bonds is 4. The van der Waals surface area contributed by atoms with Crippen molar-refractivity contribution < 1.29 is 4.79 Å². The van der Waals surface area contributed by atoms with Crippen LogP contribution in [0.15, 0.2) is 0 Å². The van der Waals surface area contributed by atoms with Gasteiger partial charge in [0.15, 0.2) is 11.4 Å². The molecule has 3 nitrogen and oxygen atoms in total. The molecule has 0 spiro atoms. The number of aromatic nitrogens is 1. The molecule has 3 rings (SSSR count). The fourth-order valence-corrected chi connectivity index (χ4v) is 5.03. The third-order valence-corrected chi connectivity index (χ3v) is 6.38. The van der Waals surface area contributed by atoms with E-state index in [1.807, 2.05) is 0 Å². The quantitative estimate of drug-likeness (QED) is 0.760. The molecule has 2 heterocycles. The molecule has 1 aromatic heterocycles. The summed E-state index contributed by atoms with van der Waals surface area (Å²) in [7, 11) is 0. The highest BCUT2D eigenvalue weighted by molar-refractivity contribution is 7.17. The van der Waals surface area contributed by atoms with Crippen molar-refractivity contribution in [3.8, 4) is 0 Å². The second kappa shape index (κ2) is 6.47. The van der Waals surface area contributed by atoms with Crippen LogP contribution in [0.5, 0.6) is 0 Å². The molecule has 2 fully saturated rings. The lowest BCUT2D eigenvalue weighted by molar-refractivity contribution is 0.112. The maximum absolute atomic E-state index is 11.4. The van der Waals surface area contributed by atoms with Gasteiger partial charge in [0.05, 0.1) is 10.6 Å². The first-order chi connectivity index (χ1) is 10.2. The van der Waals surface area contributed by atoms with Crippen LogP contribution in [0.2, 0.25) is 0 Å². The summed E-state index contributed by atoms with van der Waals surface area (Å²) in [6.45, 7) is 5.45. The average molecular weight is 306 g/mol. The van der Waals surface area contributed by atoms with E-state index in [0.29, 0.717) is 12.0 Å². The van der Waals surface area contributed by atoms with E-state index in [1.165, 1.54) is 38.5 Å². The van der Waals surface area contributed by atoms with Gasteiger partial charge in [-0.1, -0.05) is 38.0 Å². The lowest BCUT2D eigenvalue weighted by atomic mass is 9.78. The van der Waals surface area contributed by atoms with E-state index >= 15 is 0 Å². The molecule has 1 aliphatic heterocycles. The van der Waals surface area contributed by atoms with Gasteiger partial charge in [-0.25, -0.2) is 4.98 Å². The Labute approximate surface area is 131 Å². The number of piperidine rings is 1. The molecule has 1 unspecified atom stereocenters. The third-order valence-electron chi connectivity index (χ3n) is 5.34. The van der Waals surface area contributed by atoms with E-state index < -0.39 is 0 Å². The van der Waals surface area contributed by atoms with Gasteiger partial charge >= 0.3 is 0 Å². The monoisotopic (exact) mass is 306 g/mol. The molecule has 116 valence electrons. The molecule has 1 saturated carbocycles. The molecule has 1 aromatic rings. The molecule has 2 aliphatic rings. The van der Waals surface area contributed by atoms with Gasteiger partial charge in [-0.3, -0.25) is 4.79 Å². The minimum absolute atomic E-state index is 0.377. The number of hydrogen-bond acceptors (Lipinski definition) is 4. The molecule has 1 saturated heterocycles. The second-order valence-corrected chi connectivity index (χ2v) is 7.63. The van der Waals surface area contributed by atoms with Gasteiger partial charge in [0.25, 0.3) is 0 Å². The highest BCUT2D eigenvalue weighted by atomic mass is 32.1. The van der Waals surface area contributed by atoms with Crippen LogP contribution in [0.4, 0.5) is 5.13 Å². The minimum Gasteiger partial charge on any atom is -0.345 e. The number of thiazole rings is 1. The van der Waals surface area contributed by atoms with Gasteiger partial charge in [0, 0.05) is 12.6 Å². The van der Waals surface area contributed by atoms with Crippen molar-refractivity contribution >= 4 is 22.8 Å². The first-order valence-corrected chi connectivity index (χ1v) is 9.28. The van der Waals surface area contributed by atoms with Crippen molar-refractivity contribution in [1.29, 1.82) is 0 Å². The van der Waals surface area contributed by atoms with Crippen LogP contribution < -0.4 is 4.90 Å². The summed E-state index contributed by atoms with van der Waals surface area (Å²) < 4.78 is 0. The summed E-state index contributed by atoms with van der Waals surface area (Å²) in [5, 5.41) is 1.10. The van der Waals surface area contributed by atoms with Crippen LogP contribution in [-0.4, -0.2) is 23.9 Å². The first-order valence-electron chi connectivity index (χ1n) is 8.47. The van der Waals surface area contributed by atoms with Crippen LogP contribution in [-0.2, 0) is 0 Å². The molecule has 3 atom stereocenters. The van der Waals surface area contributed by atoms with Gasteiger partial charge in [-0.2, -0.15) is 0 Å². The molecule has 0 aromatic carbocycles. The van der Waals surface area contributed by atoms with E-state index in [0.717, 1.165) is 40.9 Å². The number of aldehydes is 1. The van der Waals surface area contributed by atoms with E-state index in [9.17, 15) is 4.79 Å². The van der Waals surface area contributed by atoms with Crippen molar-refractivity contribution in [3.63, 3.8) is 0 Å². The zero-order valence-corrected chi connectivity index (χ0v) is 14.0. The molecule has 21 heavy (non-hydrogen) atoms. The number of hydrogen-bond donors (Lipinski definition) is 0. The van der Waals surface area contributed by atoms with Gasteiger partial charge in [-0.15, -0.1) is 0 Å². The molecule has 1 aliphatic carbocycles. The van der Waals surface area contributed by atoms with Crippen LogP contribution >= 0.6 is 11.3 Å².